The van der Waals surface area contributed by atoms with Crippen LogP contribution >= 0.6 is 0 Å². The summed E-state index contributed by atoms with van der Waals surface area (Å²) < 4.78 is 0. The molecule has 0 radical (unpaired) electrons. The van der Waals surface area contributed by atoms with Crippen LogP contribution in [0.1, 0.15) is 63.7 Å². The number of carboxylic acid groups (broad SMARTS) is 4. The van der Waals surface area contributed by atoms with Crippen molar-refractivity contribution in [1.82, 2.24) is 0 Å². The van der Waals surface area contributed by atoms with Crippen LogP contribution in [0, 0.1) is 27.7 Å². The van der Waals surface area contributed by atoms with Crippen molar-refractivity contribution >= 4 is 23.9 Å². The van der Waals surface area contributed by atoms with Crippen LogP contribution in [-0.2, 0) is 0 Å². The molecule has 2 aromatic carbocycles. The number of hydrogen-bond acceptors (Lipinski definition) is 4. The van der Waals surface area contributed by atoms with E-state index in [4.69, 9.17) is 20.4 Å². The highest BCUT2D eigenvalue weighted by Crippen LogP contribution is 2.18. The van der Waals surface area contributed by atoms with Crippen molar-refractivity contribution in [3.8, 4) is 0 Å². The van der Waals surface area contributed by atoms with Gasteiger partial charge in [0.15, 0.2) is 0 Å². The first-order valence-electron chi connectivity index (χ1n) is 8.03. The number of carbonyl (C=O) groups is 4. The molecule has 0 amide bonds. The van der Waals surface area contributed by atoms with Crippen molar-refractivity contribution in [3.05, 3.63) is 68.8 Å². The van der Waals surface area contributed by atoms with Crippen LogP contribution in [0.5, 0.6) is 0 Å². The van der Waals surface area contributed by atoms with Gasteiger partial charge in [0.2, 0.25) is 0 Å². The Morgan fingerprint density at radius 1 is 0.571 bits per heavy atom. The highest BCUT2D eigenvalue weighted by atomic mass is 16.4. The Morgan fingerprint density at radius 3 is 1.36 bits per heavy atom. The number of carboxylic acids is 4. The maximum absolute atomic E-state index is 10.8. The second-order valence-electron chi connectivity index (χ2n) is 6.13. The third-order valence-corrected chi connectivity index (χ3v) is 4.21. The second kappa shape index (κ2) is 8.81. The summed E-state index contributed by atoms with van der Waals surface area (Å²) in [6.45, 7) is 6.63. The first-order valence-corrected chi connectivity index (χ1v) is 8.03. The zero-order chi connectivity index (χ0) is 21.8. The highest BCUT2D eigenvalue weighted by Gasteiger charge is 2.19. The molecule has 0 spiro atoms. The molecule has 148 valence electrons. The summed E-state index contributed by atoms with van der Waals surface area (Å²) in [6, 6.07) is 5.67. The van der Waals surface area contributed by atoms with Gasteiger partial charge in [0, 0.05) is 0 Å². The van der Waals surface area contributed by atoms with Crippen LogP contribution in [-0.4, -0.2) is 44.3 Å². The van der Waals surface area contributed by atoms with Crippen LogP contribution in [0.4, 0.5) is 0 Å². The molecule has 0 aliphatic heterocycles. The van der Waals surface area contributed by atoms with E-state index in [1.807, 2.05) is 0 Å². The molecule has 0 atom stereocenters. The van der Waals surface area contributed by atoms with E-state index in [1.54, 1.807) is 39.8 Å². The maximum atomic E-state index is 10.8. The summed E-state index contributed by atoms with van der Waals surface area (Å²) in [4.78, 5) is 43.0. The molecule has 8 nitrogen and oxygen atoms in total. The molecule has 2 aromatic rings. The van der Waals surface area contributed by atoms with Crippen LogP contribution in [0.15, 0.2) is 24.3 Å². The Bertz CT molecular complexity index is 937. The zero-order valence-electron chi connectivity index (χ0n) is 15.7. The third-order valence-electron chi connectivity index (χ3n) is 4.21. The predicted octanol–water partition coefficient (Wildman–Crippen LogP) is 3.40. The highest BCUT2D eigenvalue weighted by molar-refractivity contribution is 6.03. The molecule has 28 heavy (non-hydrogen) atoms. The lowest BCUT2D eigenvalue weighted by atomic mass is 9.98. The average Bonchev–Trinajstić information content (AvgIpc) is 2.56. The molecule has 0 unspecified atom stereocenters. The SMILES string of the molecule is Cc1cc(C)c(C(=O)O)cc1C(=O)O.Cc1ccc(C(=O)O)c(C(=O)O)c1C. The fourth-order valence-electron chi connectivity index (χ4n) is 2.58. The van der Waals surface area contributed by atoms with Crippen LogP contribution in [0.2, 0.25) is 0 Å². The quantitative estimate of drug-likeness (QED) is 0.622. The van der Waals surface area contributed by atoms with Crippen molar-refractivity contribution in [3.63, 3.8) is 0 Å². The molecule has 0 fully saturated rings. The minimum Gasteiger partial charge on any atom is -0.478 e. The minimum absolute atomic E-state index is 0.0352. The summed E-state index contributed by atoms with van der Waals surface area (Å²) >= 11 is 0. The van der Waals surface area contributed by atoms with Gasteiger partial charge in [-0.2, -0.15) is 0 Å². The van der Waals surface area contributed by atoms with Gasteiger partial charge in [-0.05, 0) is 62.1 Å². The Kier molecular flexibility index (Phi) is 7.03. The number of rotatable bonds is 4. The smallest absolute Gasteiger partial charge is 0.336 e. The number of hydrogen-bond donors (Lipinski definition) is 4. The summed E-state index contributed by atoms with van der Waals surface area (Å²) in [5.74, 6) is -4.64. The van der Waals surface area contributed by atoms with Crippen LogP contribution < -0.4 is 0 Å². The van der Waals surface area contributed by atoms with E-state index in [-0.39, 0.29) is 22.3 Å². The molecule has 0 aliphatic carbocycles. The number of aromatic carboxylic acids is 4. The van der Waals surface area contributed by atoms with Gasteiger partial charge < -0.3 is 20.4 Å². The summed E-state index contributed by atoms with van der Waals surface area (Å²) in [6.07, 6.45) is 0. The summed E-state index contributed by atoms with van der Waals surface area (Å²) in [7, 11) is 0. The lowest BCUT2D eigenvalue weighted by Crippen LogP contribution is -2.10. The van der Waals surface area contributed by atoms with E-state index in [0.29, 0.717) is 16.7 Å². The van der Waals surface area contributed by atoms with E-state index in [2.05, 4.69) is 0 Å². The van der Waals surface area contributed by atoms with Gasteiger partial charge in [0.25, 0.3) is 0 Å². The van der Waals surface area contributed by atoms with Gasteiger partial charge in [0.05, 0.1) is 22.3 Å². The van der Waals surface area contributed by atoms with Crippen molar-refractivity contribution in [2.45, 2.75) is 27.7 Å². The molecule has 8 heteroatoms. The van der Waals surface area contributed by atoms with E-state index in [9.17, 15) is 19.2 Å². The molecular weight excluding hydrogens is 368 g/mol. The standard InChI is InChI=1S/2C10H10O4/c1-5-3-6(2)8(10(13)14)4-7(5)9(11)12;1-5-3-4-7(9(11)12)8(6(5)2)10(13)14/h2*3-4H,1-2H3,(H,11,12)(H,13,14). The Labute approximate surface area is 160 Å². The molecule has 0 aliphatic rings. The maximum Gasteiger partial charge on any atom is 0.336 e. The normalized spacial score (nSPS) is 9.86. The van der Waals surface area contributed by atoms with Crippen molar-refractivity contribution < 1.29 is 39.6 Å². The van der Waals surface area contributed by atoms with Crippen molar-refractivity contribution in [2.75, 3.05) is 0 Å². The molecule has 0 bridgehead atoms. The molecule has 0 saturated carbocycles. The minimum atomic E-state index is -1.22. The van der Waals surface area contributed by atoms with Crippen LogP contribution in [0.25, 0.3) is 0 Å². The Morgan fingerprint density at radius 2 is 1.00 bits per heavy atom. The molecule has 2 rings (SSSR count). The van der Waals surface area contributed by atoms with Gasteiger partial charge in [0.1, 0.15) is 0 Å². The molecule has 4 N–H and O–H groups in total. The van der Waals surface area contributed by atoms with Crippen LogP contribution in [0.3, 0.4) is 0 Å². The molecule has 0 saturated heterocycles. The van der Waals surface area contributed by atoms with Gasteiger partial charge >= 0.3 is 23.9 Å². The Balaban J connectivity index is 0.000000280. The monoisotopic (exact) mass is 388 g/mol. The average molecular weight is 388 g/mol. The first kappa shape index (κ1) is 22.4. The second-order valence-corrected chi connectivity index (χ2v) is 6.13. The van der Waals surface area contributed by atoms with E-state index < -0.39 is 23.9 Å². The number of aryl methyl sites for hydroxylation is 3. The lowest BCUT2D eigenvalue weighted by Gasteiger charge is -2.07. The van der Waals surface area contributed by atoms with Gasteiger partial charge in [-0.25, -0.2) is 19.2 Å². The topological polar surface area (TPSA) is 149 Å². The molecule has 0 aromatic heterocycles. The molecule has 0 heterocycles. The summed E-state index contributed by atoms with van der Waals surface area (Å²) in [5, 5.41) is 35.2. The van der Waals surface area contributed by atoms with E-state index in [0.717, 1.165) is 5.56 Å². The lowest BCUT2D eigenvalue weighted by molar-refractivity contribution is 0.0650. The van der Waals surface area contributed by atoms with Crippen molar-refractivity contribution in [2.24, 2.45) is 0 Å². The zero-order valence-corrected chi connectivity index (χ0v) is 15.7. The summed E-state index contributed by atoms with van der Waals surface area (Å²) in [5.41, 5.74) is 2.18. The van der Waals surface area contributed by atoms with E-state index in [1.165, 1.54) is 12.1 Å². The van der Waals surface area contributed by atoms with Gasteiger partial charge in [-0.3, -0.25) is 0 Å². The fourth-order valence-corrected chi connectivity index (χ4v) is 2.58. The number of benzene rings is 2. The predicted molar refractivity (Wildman–Crippen MR) is 99.7 cm³/mol. The fraction of sp³-hybridized carbons (Fsp3) is 0.200. The van der Waals surface area contributed by atoms with Crippen molar-refractivity contribution in [1.29, 1.82) is 0 Å². The van der Waals surface area contributed by atoms with Gasteiger partial charge in [-0.15, -0.1) is 0 Å². The van der Waals surface area contributed by atoms with E-state index >= 15 is 0 Å². The molecular formula is C20H20O8. The van der Waals surface area contributed by atoms with Gasteiger partial charge in [-0.1, -0.05) is 12.1 Å². The largest absolute Gasteiger partial charge is 0.478 e. The first-order chi connectivity index (χ1) is 12.9. The third kappa shape index (κ3) is 4.94. The Hall–Kier alpha value is -3.68.